The summed E-state index contributed by atoms with van der Waals surface area (Å²) >= 11 is 0. The summed E-state index contributed by atoms with van der Waals surface area (Å²) in [5.41, 5.74) is 0. The van der Waals surface area contributed by atoms with Crippen molar-refractivity contribution >= 4 is 5.97 Å². The summed E-state index contributed by atoms with van der Waals surface area (Å²) in [5, 5.41) is 24.7. The highest BCUT2D eigenvalue weighted by Gasteiger charge is 2.22. The second-order valence-corrected chi connectivity index (χ2v) is 1.38. The Morgan fingerprint density at radius 3 is 2.00 bits per heavy atom. The van der Waals surface area contributed by atoms with E-state index in [0.29, 0.717) is 0 Å². The number of carbonyl (C=O) groups excluding carboxylic acids is 1. The number of hydrogen-bond acceptors (Lipinski definition) is 5. The van der Waals surface area contributed by atoms with E-state index in [0.717, 1.165) is 7.11 Å². The number of methoxy groups -OCH3 is 1. The molecule has 5 nitrogen and oxygen atoms in total. The molecule has 1 unspecified atom stereocenters. The summed E-state index contributed by atoms with van der Waals surface area (Å²) in [6, 6.07) is 0. The maximum Gasteiger partial charge on any atom is 0.340 e. The lowest BCUT2D eigenvalue weighted by Crippen LogP contribution is -2.34. The molecule has 0 aromatic carbocycles. The Bertz CT molecular complexity index is 99.1. The monoisotopic (exact) mass is 136 g/mol. The van der Waals surface area contributed by atoms with E-state index in [4.69, 9.17) is 15.3 Å². The fourth-order valence-corrected chi connectivity index (χ4v) is 0.242. The predicted octanol–water partition coefficient (Wildman–Crippen LogP) is -2.17. The molecule has 54 valence electrons. The van der Waals surface area contributed by atoms with Crippen molar-refractivity contribution in [3.8, 4) is 0 Å². The molecule has 0 aliphatic rings. The van der Waals surface area contributed by atoms with Crippen LogP contribution in [0.5, 0.6) is 0 Å². The SMILES string of the molecule is COC(=O)C(O)C(O)O. The number of carbonyl (C=O) groups is 1. The van der Waals surface area contributed by atoms with Gasteiger partial charge in [-0.05, 0) is 0 Å². The third kappa shape index (κ3) is 2.41. The molecule has 0 amide bonds. The summed E-state index contributed by atoms with van der Waals surface area (Å²) in [6.45, 7) is 0. The van der Waals surface area contributed by atoms with Crippen LogP contribution in [0, 0.1) is 0 Å². The molecule has 0 aromatic rings. The molecule has 3 N–H and O–H groups in total. The fourth-order valence-electron chi connectivity index (χ4n) is 0.242. The molecule has 0 aromatic heterocycles. The van der Waals surface area contributed by atoms with Crippen LogP contribution in [0.25, 0.3) is 0 Å². The number of esters is 1. The van der Waals surface area contributed by atoms with Crippen molar-refractivity contribution < 1.29 is 24.9 Å². The molecule has 0 rings (SSSR count). The topological polar surface area (TPSA) is 87.0 Å². The molecule has 9 heavy (non-hydrogen) atoms. The first kappa shape index (κ1) is 8.35. The molecule has 0 fully saturated rings. The summed E-state index contributed by atoms with van der Waals surface area (Å²) in [5.74, 6) is -1.06. The van der Waals surface area contributed by atoms with E-state index in [9.17, 15) is 4.79 Å². The lowest BCUT2D eigenvalue weighted by Gasteiger charge is -2.08. The van der Waals surface area contributed by atoms with Crippen molar-refractivity contribution in [2.45, 2.75) is 12.4 Å². The third-order valence-corrected chi connectivity index (χ3v) is 0.725. The highest BCUT2D eigenvalue weighted by molar-refractivity contribution is 5.74. The molecule has 0 saturated carbocycles. The van der Waals surface area contributed by atoms with Gasteiger partial charge in [0, 0.05) is 0 Å². The lowest BCUT2D eigenvalue weighted by molar-refractivity contribution is -0.175. The van der Waals surface area contributed by atoms with Crippen LogP contribution in [0.3, 0.4) is 0 Å². The Kier molecular flexibility index (Phi) is 3.15. The van der Waals surface area contributed by atoms with E-state index in [1.165, 1.54) is 0 Å². The van der Waals surface area contributed by atoms with Crippen LogP contribution in [0.4, 0.5) is 0 Å². The van der Waals surface area contributed by atoms with Crippen molar-refractivity contribution in [3.63, 3.8) is 0 Å². The zero-order chi connectivity index (χ0) is 7.44. The van der Waals surface area contributed by atoms with Crippen LogP contribution >= 0.6 is 0 Å². The smallest absolute Gasteiger partial charge is 0.340 e. The number of rotatable bonds is 2. The van der Waals surface area contributed by atoms with Crippen LogP contribution in [0.15, 0.2) is 0 Å². The highest BCUT2D eigenvalue weighted by atomic mass is 16.6. The minimum atomic E-state index is -2.07. The van der Waals surface area contributed by atoms with Crippen molar-refractivity contribution in [1.82, 2.24) is 0 Å². The molecule has 0 aliphatic heterocycles. The van der Waals surface area contributed by atoms with Gasteiger partial charge in [0.1, 0.15) is 0 Å². The second-order valence-electron chi connectivity index (χ2n) is 1.38. The molecule has 0 heterocycles. The summed E-state index contributed by atoms with van der Waals surface area (Å²) in [7, 11) is 1.04. The molecule has 1 atom stereocenters. The van der Waals surface area contributed by atoms with E-state index in [1.54, 1.807) is 0 Å². The van der Waals surface area contributed by atoms with Gasteiger partial charge in [-0.2, -0.15) is 0 Å². The van der Waals surface area contributed by atoms with E-state index >= 15 is 0 Å². The van der Waals surface area contributed by atoms with Gasteiger partial charge in [0.05, 0.1) is 7.11 Å². The first-order chi connectivity index (χ1) is 4.09. The molecule has 0 aliphatic carbocycles. The van der Waals surface area contributed by atoms with Crippen LogP contribution < -0.4 is 0 Å². The quantitative estimate of drug-likeness (QED) is 0.297. The zero-order valence-electron chi connectivity index (χ0n) is 4.81. The molecular formula is C4H8O5. The Balaban J connectivity index is 3.72. The first-order valence-electron chi connectivity index (χ1n) is 2.21. The van der Waals surface area contributed by atoms with Crippen LogP contribution in [0.1, 0.15) is 0 Å². The highest BCUT2D eigenvalue weighted by Crippen LogP contribution is 1.90. The number of aliphatic hydroxyl groups excluding tert-OH is 2. The first-order valence-corrected chi connectivity index (χ1v) is 2.21. The van der Waals surface area contributed by atoms with Crippen LogP contribution in [0.2, 0.25) is 0 Å². The number of aliphatic hydroxyl groups is 3. The Morgan fingerprint density at radius 2 is 1.89 bits per heavy atom. The Labute approximate surface area is 51.5 Å². The van der Waals surface area contributed by atoms with E-state index in [2.05, 4.69) is 4.74 Å². The number of hydrogen-bond donors (Lipinski definition) is 3. The van der Waals surface area contributed by atoms with Gasteiger partial charge < -0.3 is 20.1 Å². The molecule has 5 heteroatoms. The van der Waals surface area contributed by atoms with Crippen LogP contribution in [-0.4, -0.2) is 40.8 Å². The average Bonchev–Trinajstić information content (AvgIpc) is 1.84. The zero-order valence-corrected chi connectivity index (χ0v) is 4.81. The van der Waals surface area contributed by atoms with Gasteiger partial charge in [0.2, 0.25) is 6.10 Å². The summed E-state index contributed by atoms with van der Waals surface area (Å²) in [6.07, 6.45) is -3.94. The van der Waals surface area contributed by atoms with Gasteiger partial charge in [0.25, 0.3) is 0 Å². The molecular weight excluding hydrogens is 128 g/mol. The van der Waals surface area contributed by atoms with Crippen molar-refractivity contribution in [3.05, 3.63) is 0 Å². The minimum Gasteiger partial charge on any atom is -0.467 e. The van der Waals surface area contributed by atoms with E-state index < -0.39 is 18.4 Å². The average molecular weight is 136 g/mol. The van der Waals surface area contributed by atoms with Gasteiger partial charge in [-0.15, -0.1) is 0 Å². The van der Waals surface area contributed by atoms with Crippen molar-refractivity contribution in [2.24, 2.45) is 0 Å². The Hall–Kier alpha value is -0.650. The predicted molar refractivity (Wildman–Crippen MR) is 26.2 cm³/mol. The molecule has 0 bridgehead atoms. The normalized spacial score (nSPS) is 13.4. The van der Waals surface area contributed by atoms with E-state index in [-0.39, 0.29) is 0 Å². The molecule has 0 saturated heterocycles. The van der Waals surface area contributed by atoms with Crippen molar-refractivity contribution in [2.75, 3.05) is 7.11 Å². The maximum atomic E-state index is 10.2. The third-order valence-electron chi connectivity index (χ3n) is 0.725. The number of ether oxygens (including phenoxy) is 1. The fraction of sp³-hybridized carbons (Fsp3) is 0.750. The van der Waals surface area contributed by atoms with E-state index in [1.807, 2.05) is 0 Å². The van der Waals surface area contributed by atoms with Gasteiger partial charge in [0.15, 0.2) is 6.29 Å². The lowest BCUT2D eigenvalue weighted by atomic mass is 10.3. The largest absolute Gasteiger partial charge is 0.467 e. The molecule has 0 radical (unpaired) electrons. The summed E-state index contributed by atoms with van der Waals surface area (Å²) < 4.78 is 3.96. The molecule has 0 spiro atoms. The summed E-state index contributed by atoms with van der Waals surface area (Å²) in [4.78, 5) is 10.2. The van der Waals surface area contributed by atoms with Gasteiger partial charge in [-0.3, -0.25) is 0 Å². The van der Waals surface area contributed by atoms with Gasteiger partial charge >= 0.3 is 5.97 Å². The Morgan fingerprint density at radius 1 is 1.44 bits per heavy atom. The maximum absolute atomic E-state index is 10.2. The second kappa shape index (κ2) is 3.39. The minimum absolute atomic E-state index is 1.04. The standard InChI is InChI=1S/C4H8O5/c1-9-4(8)2(5)3(6)7/h2-3,5-7H,1H3. The van der Waals surface area contributed by atoms with Gasteiger partial charge in [-0.1, -0.05) is 0 Å². The van der Waals surface area contributed by atoms with Crippen molar-refractivity contribution in [1.29, 1.82) is 0 Å². The van der Waals surface area contributed by atoms with Gasteiger partial charge in [-0.25, -0.2) is 4.79 Å². The van der Waals surface area contributed by atoms with Crippen LogP contribution in [-0.2, 0) is 9.53 Å².